The van der Waals surface area contributed by atoms with Crippen molar-refractivity contribution in [3.8, 4) is 5.75 Å². The second kappa shape index (κ2) is 7.26. The molecule has 5 heteroatoms. The van der Waals surface area contributed by atoms with Gasteiger partial charge in [-0.15, -0.1) is 0 Å². The standard InChI is InChI=1S/C18H20N2O3/c1-22-8-9-23-17-6-4-16(5-7-17)20-18(21)13-2-3-14-11-19-12-15(14)10-13/h2-7,10,19H,8-9,11-12H2,1H3,(H,20,21). The number of carbonyl (C=O) groups is 1. The van der Waals surface area contributed by atoms with Crippen LogP contribution in [0.15, 0.2) is 42.5 Å². The molecule has 2 N–H and O–H groups in total. The molecule has 5 nitrogen and oxygen atoms in total. The van der Waals surface area contributed by atoms with Crippen molar-refractivity contribution in [3.63, 3.8) is 0 Å². The number of nitrogens with one attached hydrogen (secondary N) is 2. The van der Waals surface area contributed by atoms with Gasteiger partial charge in [0, 0.05) is 31.5 Å². The van der Waals surface area contributed by atoms with Gasteiger partial charge in [-0.2, -0.15) is 0 Å². The largest absolute Gasteiger partial charge is 0.491 e. The maximum absolute atomic E-state index is 12.3. The highest BCUT2D eigenvalue weighted by Gasteiger charge is 2.13. The van der Waals surface area contributed by atoms with E-state index in [1.807, 2.05) is 42.5 Å². The Kier molecular flexibility index (Phi) is 4.90. The molecular formula is C18H20N2O3. The Labute approximate surface area is 135 Å². The molecule has 0 aliphatic carbocycles. The third-order valence-corrected chi connectivity index (χ3v) is 3.77. The van der Waals surface area contributed by atoms with Crippen molar-refractivity contribution in [3.05, 3.63) is 59.2 Å². The summed E-state index contributed by atoms with van der Waals surface area (Å²) in [7, 11) is 1.64. The lowest BCUT2D eigenvalue weighted by molar-refractivity contribution is 0.102. The van der Waals surface area contributed by atoms with Crippen molar-refractivity contribution in [2.24, 2.45) is 0 Å². The first-order chi connectivity index (χ1) is 11.3. The van der Waals surface area contributed by atoms with E-state index in [0.717, 1.165) is 24.5 Å². The molecule has 0 saturated carbocycles. The summed E-state index contributed by atoms with van der Waals surface area (Å²) in [5.41, 5.74) is 3.87. The van der Waals surface area contributed by atoms with Crippen molar-refractivity contribution in [2.45, 2.75) is 13.1 Å². The van der Waals surface area contributed by atoms with Gasteiger partial charge in [-0.25, -0.2) is 0 Å². The van der Waals surface area contributed by atoms with Gasteiger partial charge >= 0.3 is 0 Å². The zero-order chi connectivity index (χ0) is 16.1. The number of hydrogen-bond acceptors (Lipinski definition) is 4. The van der Waals surface area contributed by atoms with Crippen LogP contribution in [0.2, 0.25) is 0 Å². The second-order valence-electron chi connectivity index (χ2n) is 5.41. The predicted molar refractivity (Wildman–Crippen MR) is 88.8 cm³/mol. The molecule has 0 unspecified atom stereocenters. The van der Waals surface area contributed by atoms with E-state index in [0.29, 0.717) is 18.8 Å². The van der Waals surface area contributed by atoms with E-state index in [4.69, 9.17) is 9.47 Å². The van der Waals surface area contributed by atoms with E-state index in [-0.39, 0.29) is 5.91 Å². The molecule has 0 bridgehead atoms. The van der Waals surface area contributed by atoms with Crippen molar-refractivity contribution in [1.29, 1.82) is 0 Å². The first kappa shape index (κ1) is 15.5. The quantitative estimate of drug-likeness (QED) is 0.805. The van der Waals surface area contributed by atoms with Crippen LogP contribution < -0.4 is 15.4 Å². The zero-order valence-electron chi connectivity index (χ0n) is 13.1. The molecule has 1 aliphatic heterocycles. The highest BCUT2D eigenvalue weighted by Crippen LogP contribution is 2.19. The van der Waals surface area contributed by atoms with Gasteiger partial charge in [0.1, 0.15) is 12.4 Å². The number of ether oxygens (including phenoxy) is 2. The van der Waals surface area contributed by atoms with E-state index in [9.17, 15) is 4.79 Å². The fourth-order valence-corrected chi connectivity index (χ4v) is 2.52. The lowest BCUT2D eigenvalue weighted by Crippen LogP contribution is -2.12. The van der Waals surface area contributed by atoms with Crippen LogP contribution in [0.3, 0.4) is 0 Å². The molecule has 2 aromatic carbocycles. The average molecular weight is 312 g/mol. The molecule has 3 rings (SSSR count). The topological polar surface area (TPSA) is 59.6 Å². The fourth-order valence-electron chi connectivity index (χ4n) is 2.52. The monoisotopic (exact) mass is 312 g/mol. The summed E-state index contributed by atoms with van der Waals surface area (Å²) in [5.74, 6) is 0.649. The third kappa shape index (κ3) is 3.88. The van der Waals surface area contributed by atoms with Gasteiger partial charge in [0.25, 0.3) is 5.91 Å². The first-order valence-corrected chi connectivity index (χ1v) is 7.62. The summed E-state index contributed by atoms with van der Waals surface area (Å²) in [6.45, 7) is 2.75. The number of benzene rings is 2. The van der Waals surface area contributed by atoms with Crippen LogP contribution in [-0.4, -0.2) is 26.2 Å². The summed E-state index contributed by atoms with van der Waals surface area (Å²) < 4.78 is 10.4. The molecule has 1 aliphatic rings. The van der Waals surface area contributed by atoms with Gasteiger partial charge in [-0.05, 0) is 47.5 Å². The molecule has 23 heavy (non-hydrogen) atoms. The fraction of sp³-hybridized carbons (Fsp3) is 0.278. The molecular weight excluding hydrogens is 292 g/mol. The lowest BCUT2D eigenvalue weighted by Gasteiger charge is -2.09. The van der Waals surface area contributed by atoms with E-state index in [1.165, 1.54) is 11.1 Å². The minimum atomic E-state index is -0.104. The summed E-state index contributed by atoms with van der Waals surface area (Å²) in [6.07, 6.45) is 0. The maximum Gasteiger partial charge on any atom is 0.255 e. The number of amides is 1. The SMILES string of the molecule is COCCOc1ccc(NC(=O)c2ccc3c(c2)CNC3)cc1. The summed E-state index contributed by atoms with van der Waals surface area (Å²) in [5, 5.41) is 6.18. The third-order valence-electron chi connectivity index (χ3n) is 3.77. The van der Waals surface area contributed by atoms with Crippen LogP contribution in [0.1, 0.15) is 21.5 Å². The highest BCUT2D eigenvalue weighted by atomic mass is 16.5. The molecule has 1 heterocycles. The van der Waals surface area contributed by atoms with Crippen molar-refractivity contribution in [2.75, 3.05) is 25.6 Å². The number of anilines is 1. The lowest BCUT2D eigenvalue weighted by atomic mass is 10.1. The molecule has 0 spiro atoms. The van der Waals surface area contributed by atoms with Gasteiger partial charge in [0.05, 0.1) is 6.61 Å². The van der Waals surface area contributed by atoms with Crippen molar-refractivity contribution >= 4 is 11.6 Å². The number of carbonyl (C=O) groups excluding carboxylic acids is 1. The van der Waals surface area contributed by atoms with Crippen LogP contribution in [0, 0.1) is 0 Å². The second-order valence-corrected chi connectivity index (χ2v) is 5.41. The van der Waals surface area contributed by atoms with E-state index >= 15 is 0 Å². The Balaban J connectivity index is 1.61. The number of methoxy groups -OCH3 is 1. The van der Waals surface area contributed by atoms with Crippen LogP contribution in [0.25, 0.3) is 0 Å². The Hall–Kier alpha value is -2.37. The van der Waals surface area contributed by atoms with Crippen LogP contribution in [0.4, 0.5) is 5.69 Å². The van der Waals surface area contributed by atoms with E-state index in [2.05, 4.69) is 10.6 Å². The van der Waals surface area contributed by atoms with Gasteiger partial charge in [0.2, 0.25) is 0 Å². The van der Waals surface area contributed by atoms with Crippen LogP contribution >= 0.6 is 0 Å². The molecule has 0 radical (unpaired) electrons. The summed E-state index contributed by atoms with van der Waals surface area (Å²) >= 11 is 0. The predicted octanol–water partition coefficient (Wildman–Crippen LogP) is 2.57. The van der Waals surface area contributed by atoms with Gasteiger partial charge in [0.15, 0.2) is 0 Å². The molecule has 2 aromatic rings. The minimum absolute atomic E-state index is 0.104. The van der Waals surface area contributed by atoms with Gasteiger partial charge < -0.3 is 20.1 Å². The Bertz CT molecular complexity index is 683. The van der Waals surface area contributed by atoms with E-state index < -0.39 is 0 Å². The summed E-state index contributed by atoms with van der Waals surface area (Å²) in [4.78, 5) is 12.3. The van der Waals surface area contributed by atoms with Crippen molar-refractivity contribution in [1.82, 2.24) is 5.32 Å². The van der Waals surface area contributed by atoms with Crippen molar-refractivity contribution < 1.29 is 14.3 Å². The molecule has 0 aromatic heterocycles. The minimum Gasteiger partial charge on any atom is -0.491 e. The normalized spacial score (nSPS) is 12.7. The van der Waals surface area contributed by atoms with Gasteiger partial charge in [-0.1, -0.05) is 6.07 Å². The Morgan fingerprint density at radius 1 is 1.09 bits per heavy atom. The Morgan fingerprint density at radius 2 is 1.87 bits per heavy atom. The van der Waals surface area contributed by atoms with Gasteiger partial charge in [-0.3, -0.25) is 4.79 Å². The average Bonchev–Trinajstić information content (AvgIpc) is 3.04. The van der Waals surface area contributed by atoms with Crippen LogP contribution in [0.5, 0.6) is 5.75 Å². The molecule has 1 amide bonds. The van der Waals surface area contributed by atoms with E-state index in [1.54, 1.807) is 7.11 Å². The summed E-state index contributed by atoms with van der Waals surface area (Å²) in [6, 6.07) is 13.1. The molecule has 0 saturated heterocycles. The number of hydrogen-bond donors (Lipinski definition) is 2. The molecule has 0 atom stereocenters. The smallest absolute Gasteiger partial charge is 0.255 e. The highest BCUT2D eigenvalue weighted by molar-refractivity contribution is 6.04. The first-order valence-electron chi connectivity index (χ1n) is 7.62. The zero-order valence-corrected chi connectivity index (χ0v) is 13.1. The van der Waals surface area contributed by atoms with Crippen LogP contribution in [-0.2, 0) is 17.8 Å². The Morgan fingerprint density at radius 3 is 2.65 bits per heavy atom. The number of rotatable bonds is 6. The maximum atomic E-state index is 12.3. The molecule has 120 valence electrons. The number of fused-ring (bicyclic) bond motifs is 1. The molecule has 0 fully saturated rings.